The zero-order valence-corrected chi connectivity index (χ0v) is 18.0. The number of aliphatic hydroxyl groups is 1. The number of hydrogen-bond acceptors (Lipinski definition) is 5. The maximum Gasteiger partial charge on any atom is 0.573 e. The lowest BCUT2D eigenvalue weighted by Gasteiger charge is -2.18. The van der Waals surface area contributed by atoms with E-state index < -0.39 is 11.8 Å². The smallest absolute Gasteiger partial charge is 0.454 e. The van der Waals surface area contributed by atoms with Crippen LogP contribution in [0.5, 0.6) is 17.2 Å². The number of alkyl halides is 3. The zero-order chi connectivity index (χ0) is 23.9. The van der Waals surface area contributed by atoms with E-state index >= 15 is 0 Å². The maximum absolute atomic E-state index is 13.4. The molecule has 2 aliphatic rings. The Kier molecular flexibility index (Phi) is 5.48. The summed E-state index contributed by atoms with van der Waals surface area (Å²) in [6, 6.07) is 16.3. The molecule has 1 heterocycles. The third-order valence-electron chi connectivity index (χ3n) is 6.32. The van der Waals surface area contributed by atoms with E-state index in [2.05, 4.69) is 4.74 Å². The summed E-state index contributed by atoms with van der Waals surface area (Å²) in [5.74, 6) is 0.839. The third kappa shape index (κ3) is 4.21. The number of hydrogen-bond donors (Lipinski definition) is 1. The Hall–Kier alpha value is -3.52. The molecule has 0 bridgehead atoms. The lowest BCUT2D eigenvalue weighted by molar-refractivity contribution is -0.274. The van der Waals surface area contributed by atoms with E-state index in [1.807, 2.05) is 12.1 Å². The Labute approximate surface area is 195 Å². The van der Waals surface area contributed by atoms with Crippen molar-refractivity contribution in [3.8, 4) is 28.4 Å². The molecule has 5 nitrogen and oxygen atoms in total. The third-order valence-corrected chi connectivity index (χ3v) is 6.32. The first-order valence-electron chi connectivity index (χ1n) is 10.8. The molecule has 0 spiro atoms. The van der Waals surface area contributed by atoms with Gasteiger partial charge in [0.1, 0.15) is 11.5 Å². The van der Waals surface area contributed by atoms with Gasteiger partial charge in [-0.3, -0.25) is 4.79 Å². The predicted octanol–water partition coefficient (Wildman–Crippen LogP) is 5.56. The molecule has 1 N–H and O–H groups in total. The van der Waals surface area contributed by atoms with Gasteiger partial charge in [-0.15, -0.1) is 13.2 Å². The molecule has 3 aromatic rings. The lowest BCUT2D eigenvalue weighted by atomic mass is 9.87. The summed E-state index contributed by atoms with van der Waals surface area (Å²) in [5, 5.41) is 9.69. The summed E-state index contributed by atoms with van der Waals surface area (Å²) in [4.78, 5) is 13.4. The Morgan fingerprint density at radius 3 is 2.50 bits per heavy atom. The molecule has 1 saturated carbocycles. The topological polar surface area (TPSA) is 65.0 Å². The number of ether oxygens (including phenoxy) is 3. The quantitative estimate of drug-likeness (QED) is 0.488. The monoisotopic (exact) mass is 472 g/mol. The first kappa shape index (κ1) is 22.3. The largest absolute Gasteiger partial charge is 0.573 e. The van der Waals surface area contributed by atoms with E-state index in [4.69, 9.17) is 9.47 Å². The highest BCUT2D eigenvalue weighted by molar-refractivity contribution is 5.95. The number of ketones is 1. The molecule has 0 radical (unpaired) electrons. The van der Waals surface area contributed by atoms with Gasteiger partial charge in [-0.1, -0.05) is 36.4 Å². The highest BCUT2D eigenvalue weighted by Gasteiger charge is 2.50. The average molecular weight is 472 g/mol. The number of fused-ring (bicyclic) bond motifs is 1. The van der Waals surface area contributed by atoms with Crippen LogP contribution in [0, 0.1) is 0 Å². The molecular weight excluding hydrogens is 449 g/mol. The Morgan fingerprint density at radius 1 is 1.00 bits per heavy atom. The molecule has 0 amide bonds. The minimum Gasteiger partial charge on any atom is -0.454 e. The van der Waals surface area contributed by atoms with Gasteiger partial charge in [0.05, 0.1) is 12.0 Å². The fourth-order valence-electron chi connectivity index (χ4n) is 4.43. The number of halogens is 3. The summed E-state index contributed by atoms with van der Waals surface area (Å²) in [6.45, 7) is -0.206. The van der Waals surface area contributed by atoms with Gasteiger partial charge in [0.15, 0.2) is 11.5 Å². The van der Waals surface area contributed by atoms with E-state index in [1.54, 1.807) is 30.3 Å². The van der Waals surface area contributed by atoms with Gasteiger partial charge >= 0.3 is 6.36 Å². The second kappa shape index (κ2) is 8.36. The summed E-state index contributed by atoms with van der Waals surface area (Å²) < 4.78 is 54.1. The molecule has 1 aliphatic carbocycles. The van der Waals surface area contributed by atoms with Gasteiger partial charge in [0.2, 0.25) is 6.79 Å². The Bertz CT molecular complexity index is 1250. The number of carbonyl (C=O) groups is 1. The SMILES string of the molecule is O=C(Cc1ccc(OC(F)(F)F)c(-c2ccccc2CO)c1)C1(c2ccc3c(c2)OCO3)CC1.[HH]. The van der Waals surface area contributed by atoms with Gasteiger partial charge in [0.25, 0.3) is 0 Å². The van der Waals surface area contributed by atoms with Crippen LogP contribution >= 0.6 is 0 Å². The van der Waals surface area contributed by atoms with Crippen LogP contribution in [0.4, 0.5) is 13.2 Å². The second-order valence-corrected chi connectivity index (χ2v) is 8.44. The van der Waals surface area contributed by atoms with Crippen LogP contribution in [0.1, 0.15) is 31.0 Å². The molecule has 5 rings (SSSR count). The van der Waals surface area contributed by atoms with Crippen LogP contribution in [0.2, 0.25) is 0 Å². The molecule has 0 saturated heterocycles. The molecule has 8 heteroatoms. The van der Waals surface area contributed by atoms with Crippen LogP contribution in [-0.2, 0) is 23.2 Å². The number of rotatable bonds is 7. The van der Waals surface area contributed by atoms with Crippen molar-refractivity contribution in [1.29, 1.82) is 0 Å². The van der Waals surface area contributed by atoms with E-state index in [0.29, 0.717) is 41.0 Å². The second-order valence-electron chi connectivity index (χ2n) is 8.44. The summed E-state index contributed by atoms with van der Waals surface area (Å²) in [7, 11) is 0. The van der Waals surface area contributed by atoms with Crippen LogP contribution in [0.15, 0.2) is 60.7 Å². The van der Waals surface area contributed by atoms with Gasteiger partial charge in [-0.25, -0.2) is 0 Å². The molecule has 0 unspecified atom stereocenters. The van der Waals surface area contributed by atoms with Crippen molar-refractivity contribution in [1.82, 2.24) is 0 Å². The number of benzene rings is 3. The van der Waals surface area contributed by atoms with Crippen LogP contribution in [0.25, 0.3) is 11.1 Å². The summed E-state index contributed by atoms with van der Waals surface area (Å²) in [5.41, 5.74) is 1.82. The molecule has 34 heavy (non-hydrogen) atoms. The normalized spacial score (nSPS) is 15.8. The molecular formula is C26H23F3O5. The molecule has 1 aliphatic heterocycles. The van der Waals surface area contributed by atoms with E-state index in [0.717, 1.165) is 5.56 Å². The first-order valence-corrected chi connectivity index (χ1v) is 10.8. The molecule has 0 atom stereocenters. The minimum absolute atomic E-state index is 0. The fourth-order valence-corrected chi connectivity index (χ4v) is 4.43. The molecule has 178 valence electrons. The van der Waals surface area contributed by atoms with Crippen molar-refractivity contribution in [3.63, 3.8) is 0 Å². The number of carbonyl (C=O) groups excluding carboxylic acids is 1. The van der Waals surface area contributed by atoms with Gasteiger partial charge in [-0.2, -0.15) is 0 Å². The van der Waals surface area contributed by atoms with Crippen LogP contribution in [-0.4, -0.2) is 24.0 Å². The van der Waals surface area contributed by atoms with Crippen LogP contribution in [0.3, 0.4) is 0 Å². The molecule has 0 aromatic heterocycles. The molecule has 3 aromatic carbocycles. The summed E-state index contributed by atoms with van der Waals surface area (Å²) in [6.07, 6.45) is -3.44. The van der Waals surface area contributed by atoms with E-state index in [-0.39, 0.29) is 38.3 Å². The highest BCUT2D eigenvalue weighted by Crippen LogP contribution is 2.51. The number of Topliss-reactive ketones (excluding diaryl/α,β-unsaturated/α-hetero) is 1. The maximum atomic E-state index is 13.4. The van der Waals surface area contributed by atoms with E-state index in [9.17, 15) is 23.1 Å². The molecule has 1 fully saturated rings. The summed E-state index contributed by atoms with van der Waals surface area (Å²) >= 11 is 0. The highest BCUT2D eigenvalue weighted by atomic mass is 19.4. The van der Waals surface area contributed by atoms with Crippen molar-refractivity contribution >= 4 is 5.78 Å². The van der Waals surface area contributed by atoms with Crippen molar-refractivity contribution in [3.05, 3.63) is 77.4 Å². The van der Waals surface area contributed by atoms with Gasteiger partial charge in [0, 0.05) is 13.4 Å². The Morgan fingerprint density at radius 2 is 1.76 bits per heavy atom. The fraction of sp³-hybridized carbons (Fsp3) is 0.269. The van der Waals surface area contributed by atoms with Crippen molar-refractivity contribution in [2.75, 3.05) is 6.79 Å². The number of aliphatic hydroxyl groups excluding tert-OH is 1. The van der Waals surface area contributed by atoms with Gasteiger partial charge < -0.3 is 19.3 Å². The zero-order valence-electron chi connectivity index (χ0n) is 18.0. The van der Waals surface area contributed by atoms with Crippen LogP contribution < -0.4 is 14.2 Å². The standard InChI is InChI=1S/C26H21F3O5.H2/c27-26(28,29)34-21-7-5-16(11-20(21)19-4-2-1-3-17(19)14-30)12-24(31)25(9-10-25)18-6-8-22-23(13-18)33-15-32-22;/h1-8,11,13,30H,9-10,12,14-15H2;1H. The minimum atomic E-state index is -4.88. The van der Waals surface area contributed by atoms with Gasteiger partial charge in [-0.05, 0) is 59.4 Å². The van der Waals surface area contributed by atoms with Crippen molar-refractivity contribution < 1.29 is 38.7 Å². The first-order chi connectivity index (χ1) is 16.3. The Balaban J connectivity index is 0.00000289. The van der Waals surface area contributed by atoms with Crippen molar-refractivity contribution in [2.24, 2.45) is 0 Å². The average Bonchev–Trinajstić information content (AvgIpc) is 3.50. The van der Waals surface area contributed by atoms with E-state index in [1.165, 1.54) is 18.2 Å². The lowest BCUT2D eigenvalue weighted by Crippen LogP contribution is -2.22. The van der Waals surface area contributed by atoms with Crippen molar-refractivity contribution in [2.45, 2.75) is 37.6 Å². The predicted molar refractivity (Wildman–Crippen MR) is 119 cm³/mol.